The lowest BCUT2D eigenvalue weighted by atomic mass is 9.85. The van der Waals surface area contributed by atoms with Crippen molar-refractivity contribution in [3.63, 3.8) is 0 Å². The molecule has 0 radical (unpaired) electrons. The molecule has 0 aromatic carbocycles. The third-order valence-corrected chi connectivity index (χ3v) is 6.38. The summed E-state index contributed by atoms with van der Waals surface area (Å²) in [7, 11) is 0. The maximum absolute atomic E-state index is 13.2. The first-order valence-electron chi connectivity index (χ1n) is 8.17. The van der Waals surface area contributed by atoms with Crippen LogP contribution in [0.5, 0.6) is 0 Å². The second-order valence-electron chi connectivity index (χ2n) is 7.24. The Bertz CT molecular complexity index is 444. The molecule has 3 unspecified atom stereocenters. The third-order valence-electron chi connectivity index (χ3n) is 5.18. The van der Waals surface area contributed by atoms with Gasteiger partial charge in [0.25, 0.3) is 0 Å². The van der Waals surface area contributed by atoms with Gasteiger partial charge in [-0.1, -0.05) is 13.8 Å². The summed E-state index contributed by atoms with van der Waals surface area (Å²) in [4.78, 5) is 27.8. The quantitative estimate of drug-likeness (QED) is 0.868. The number of hydrogen-bond acceptors (Lipinski definition) is 3. The maximum Gasteiger partial charge on any atom is 0.249 e. The number of amides is 2. The van der Waals surface area contributed by atoms with Crippen LogP contribution in [0.2, 0.25) is 0 Å². The molecular weight excluding hydrogens is 284 g/mol. The number of nitrogens with one attached hydrogen (secondary N) is 1. The SMILES string of the molecule is CC(C)C1C(=O)NC(C)(C2CC2)C(=O)N1C1CCCSC1. The van der Waals surface area contributed by atoms with E-state index in [-0.39, 0.29) is 29.8 Å². The molecule has 2 heterocycles. The molecule has 2 aliphatic heterocycles. The van der Waals surface area contributed by atoms with Gasteiger partial charge in [-0.05, 0) is 50.2 Å². The molecule has 118 valence electrons. The molecule has 3 aliphatic rings. The number of rotatable bonds is 3. The van der Waals surface area contributed by atoms with Gasteiger partial charge in [0.1, 0.15) is 11.6 Å². The fourth-order valence-corrected chi connectivity index (χ4v) is 4.94. The van der Waals surface area contributed by atoms with Crippen molar-refractivity contribution < 1.29 is 9.59 Å². The van der Waals surface area contributed by atoms with Crippen molar-refractivity contribution in [1.29, 1.82) is 0 Å². The topological polar surface area (TPSA) is 49.4 Å². The van der Waals surface area contributed by atoms with Gasteiger partial charge < -0.3 is 10.2 Å². The van der Waals surface area contributed by atoms with Crippen LogP contribution in [0, 0.1) is 11.8 Å². The Morgan fingerprint density at radius 2 is 2.00 bits per heavy atom. The standard InChI is InChI=1S/C16H26N2O2S/c1-10(2)13-14(19)17-16(3,11-6-7-11)15(20)18(13)12-5-4-8-21-9-12/h10-13H,4-9H2,1-3H3,(H,17,19). The van der Waals surface area contributed by atoms with Gasteiger partial charge in [-0.3, -0.25) is 9.59 Å². The number of carbonyl (C=O) groups is 2. The van der Waals surface area contributed by atoms with Gasteiger partial charge in [-0.25, -0.2) is 0 Å². The van der Waals surface area contributed by atoms with Crippen LogP contribution in [-0.2, 0) is 9.59 Å². The predicted molar refractivity (Wildman–Crippen MR) is 85.1 cm³/mol. The number of piperazine rings is 1. The highest BCUT2D eigenvalue weighted by atomic mass is 32.2. The molecule has 4 nitrogen and oxygen atoms in total. The zero-order valence-corrected chi connectivity index (χ0v) is 14.0. The lowest BCUT2D eigenvalue weighted by Crippen LogP contribution is -2.73. The first kappa shape index (κ1) is 15.2. The molecule has 0 spiro atoms. The molecule has 3 atom stereocenters. The highest BCUT2D eigenvalue weighted by Gasteiger charge is 2.57. The Kier molecular flexibility index (Phi) is 3.97. The van der Waals surface area contributed by atoms with E-state index >= 15 is 0 Å². The summed E-state index contributed by atoms with van der Waals surface area (Å²) in [6.07, 6.45) is 4.30. The van der Waals surface area contributed by atoms with Gasteiger partial charge in [0.15, 0.2) is 0 Å². The van der Waals surface area contributed by atoms with Crippen LogP contribution in [-0.4, -0.2) is 45.8 Å². The molecule has 1 N–H and O–H groups in total. The van der Waals surface area contributed by atoms with Crippen molar-refractivity contribution in [2.45, 2.75) is 64.1 Å². The molecule has 0 bridgehead atoms. The van der Waals surface area contributed by atoms with Gasteiger partial charge in [0, 0.05) is 11.8 Å². The van der Waals surface area contributed by atoms with Gasteiger partial charge in [-0.2, -0.15) is 11.8 Å². The van der Waals surface area contributed by atoms with E-state index in [1.54, 1.807) is 0 Å². The Hall–Kier alpha value is -0.710. The highest BCUT2D eigenvalue weighted by molar-refractivity contribution is 7.99. The van der Waals surface area contributed by atoms with Gasteiger partial charge in [-0.15, -0.1) is 0 Å². The van der Waals surface area contributed by atoms with Crippen molar-refractivity contribution in [2.75, 3.05) is 11.5 Å². The molecule has 0 aromatic rings. The van der Waals surface area contributed by atoms with E-state index in [9.17, 15) is 9.59 Å². The average molecular weight is 310 g/mol. The van der Waals surface area contributed by atoms with Crippen molar-refractivity contribution in [1.82, 2.24) is 10.2 Å². The zero-order chi connectivity index (χ0) is 15.2. The Morgan fingerprint density at radius 3 is 2.52 bits per heavy atom. The predicted octanol–water partition coefficient (Wildman–Crippen LogP) is 2.03. The van der Waals surface area contributed by atoms with E-state index in [2.05, 4.69) is 5.32 Å². The molecule has 2 saturated heterocycles. The Labute approximate surface area is 131 Å². The fraction of sp³-hybridized carbons (Fsp3) is 0.875. The van der Waals surface area contributed by atoms with Crippen LogP contribution in [0.15, 0.2) is 0 Å². The number of thioether (sulfide) groups is 1. The molecule has 2 amide bonds. The molecule has 3 rings (SSSR count). The van der Waals surface area contributed by atoms with E-state index in [4.69, 9.17) is 0 Å². The van der Waals surface area contributed by atoms with Crippen LogP contribution in [0.1, 0.15) is 46.5 Å². The molecule has 1 aliphatic carbocycles. The maximum atomic E-state index is 13.2. The number of hydrogen-bond donors (Lipinski definition) is 1. The summed E-state index contributed by atoms with van der Waals surface area (Å²) < 4.78 is 0. The van der Waals surface area contributed by atoms with Crippen LogP contribution >= 0.6 is 11.8 Å². The second-order valence-corrected chi connectivity index (χ2v) is 8.39. The Morgan fingerprint density at radius 1 is 1.29 bits per heavy atom. The summed E-state index contributed by atoms with van der Waals surface area (Å²) >= 11 is 1.91. The van der Waals surface area contributed by atoms with Crippen LogP contribution in [0.25, 0.3) is 0 Å². The summed E-state index contributed by atoms with van der Waals surface area (Å²) in [5.41, 5.74) is -0.662. The van der Waals surface area contributed by atoms with E-state index < -0.39 is 5.54 Å². The van der Waals surface area contributed by atoms with Crippen molar-refractivity contribution in [3.8, 4) is 0 Å². The number of nitrogens with zero attached hydrogens (tertiary/aromatic N) is 1. The van der Waals surface area contributed by atoms with E-state index in [1.807, 2.05) is 37.4 Å². The summed E-state index contributed by atoms with van der Waals surface area (Å²) in [5.74, 6) is 2.86. The summed E-state index contributed by atoms with van der Waals surface area (Å²) in [6, 6.07) is -0.0687. The Balaban J connectivity index is 1.92. The van der Waals surface area contributed by atoms with E-state index in [0.29, 0.717) is 5.92 Å². The zero-order valence-electron chi connectivity index (χ0n) is 13.2. The van der Waals surface area contributed by atoms with Crippen molar-refractivity contribution in [2.24, 2.45) is 11.8 Å². The fourth-order valence-electron chi connectivity index (χ4n) is 3.80. The minimum Gasteiger partial charge on any atom is -0.340 e. The van der Waals surface area contributed by atoms with E-state index in [0.717, 1.165) is 31.4 Å². The second kappa shape index (κ2) is 5.49. The highest BCUT2D eigenvalue weighted by Crippen LogP contribution is 2.43. The molecule has 1 saturated carbocycles. The lowest BCUT2D eigenvalue weighted by Gasteiger charge is -2.50. The van der Waals surface area contributed by atoms with Gasteiger partial charge >= 0.3 is 0 Å². The lowest BCUT2D eigenvalue weighted by molar-refractivity contribution is -0.160. The summed E-state index contributed by atoms with van der Waals surface area (Å²) in [6.45, 7) is 6.02. The number of carbonyl (C=O) groups excluding carboxylic acids is 2. The third kappa shape index (κ3) is 2.58. The normalized spacial score (nSPS) is 37.8. The van der Waals surface area contributed by atoms with Crippen LogP contribution in [0.3, 0.4) is 0 Å². The van der Waals surface area contributed by atoms with E-state index in [1.165, 1.54) is 5.75 Å². The van der Waals surface area contributed by atoms with Gasteiger partial charge in [0.2, 0.25) is 11.8 Å². The average Bonchev–Trinajstić information content (AvgIpc) is 3.28. The monoisotopic (exact) mass is 310 g/mol. The minimum atomic E-state index is -0.662. The smallest absolute Gasteiger partial charge is 0.249 e. The first-order chi connectivity index (χ1) is 9.95. The molecule has 3 fully saturated rings. The first-order valence-corrected chi connectivity index (χ1v) is 9.33. The molecule has 21 heavy (non-hydrogen) atoms. The largest absolute Gasteiger partial charge is 0.340 e. The van der Waals surface area contributed by atoms with Gasteiger partial charge in [0.05, 0.1) is 0 Å². The molecule has 5 heteroatoms. The molecular formula is C16H26N2O2S. The van der Waals surface area contributed by atoms with Crippen molar-refractivity contribution in [3.05, 3.63) is 0 Å². The molecule has 0 aromatic heterocycles. The van der Waals surface area contributed by atoms with Crippen molar-refractivity contribution >= 4 is 23.6 Å². The van der Waals surface area contributed by atoms with Crippen LogP contribution in [0.4, 0.5) is 0 Å². The minimum absolute atomic E-state index is 0.0505. The van der Waals surface area contributed by atoms with Crippen LogP contribution < -0.4 is 5.32 Å². The summed E-state index contributed by atoms with van der Waals surface area (Å²) in [5, 5.41) is 3.07.